The van der Waals surface area contributed by atoms with E-state index in [0.717, 1.165) is 18.3 Å². The molecule has 0 unspecified atom stereocenters. The Labute approximate surface area is 155 Å². The molecule has 2 heterocycles. The van der Waals surface area contributed by atoms with Crippen LogP contribution < -0.4 is 0 Å². The molecule has 0 saturated carbocycles. The van der Waals surface area contributed by atoms with Gasteiger partial charge in [-0.2, -0.15) is 13.2 Å². The predicted molar refractivity (Wildman–Crippen MR) is 88.6 cm³/mol. The first-order valence-corrected chi connectivity index (χ1v) is 7.66. The number of rotatable bonds is 6. The van der Waals surface area contributed by atoms with Gasteiger partial charge in [0.25, 0.3) is 0 Å². The fourth-order valence-electron chi connectivity index (χ4n) is 2.19. The monoisotopic (exact) mass is 395 g/mol. The van der Waals surface area contributed by atoms with E-state index in [0.29, 0.717) is 11.4 Å². The van der Waals surface area contributed by atoms with Gasteiger partial charge in [-0.25, -0.2) is 14.2 Å². The van der Waals surface area contributed by atoms with Gasteiger partial charge in [-0.15, -0.1) is 5.10 Å². The second-order valence-corrected chi connectivity index (χ2v) is 5.50. The standard InChI is InChI=1S/C15H12F3N7O3/c1-23-13(19-7-14(23)25(26)27)6-20-28-9-11-8-24(22-21-11)12-4-2-10(3-5-12)15(16,17)18/h2-8H,9H2,1H3/b20-6+. The molecule has 0 fully saturated rings. The molecule has 0 spiro atoms. The van der Waals surface area contributed by atoms with Crippen LogP contribution in [0.1, 0.15) is 17.1 Å². The van der Waals surface area contributed by atoms with Crippen LogP contribution in [0, 0.1) is 10.1 Å². The Bertz CT molecular complexity index is 1010. The van der Waals surface area contributed by atoms with Crippen molar-refractivity contribution in [1.82, 2.24) is 24.5 Å². The van der Waals surface area contributed by atoms with Crippen LogP contribution in [-0.4, -0.2) is 35.7 Å². The number of benzene rings is 1. The molecule has 0 aliphatic heterocycles. The topological polar surface area (TPSA) is 113 Å². The first-order valence-electron chi connectivity index (χ1n) is 7.66. The molecule has 0 saturated heterocycles. The number of halogens is 3. The van der Waals surface area contributed by atoms with Crippen LogP contribution in [0.4, 0.5) is 19.0 Å². The van der Waals surface area contributed by atoms with E-state index in [1.807, 2.05) is 0 Å². The molecule has 0 bridgehead atoms. The van der Waals surface area contributed by atoms with Crippen molar-refractivity contribution in [1.29, 1.82) is 0 Å². The van der Waals surface area contributed by atoms with Gasteiger partial charge in [0.05, 0.1) is 24.5 Å². The maximum atomic E-state index is 12.6. The summed E-state index contributed by atoms with van der Waals surface area (Å²) in [4.78, 5) is 19.0. The SMILES string of the molecule is Cn1c([N+](=O)[O-])cnc1/C=N/OCc1cn(-c2ccc(C(F)(F)F)cc2)nn1. The van der Waals surface area contributed by atoms with E-state index in [1.165, 1.54) is 40.8 Å². The van der Waals surface area contributed by atoms with E-state index >= 15 is 0 Å². The molecule has 146 valence electrons. The van der Waals surface area contributed by atoms with Crippen LogP contribution in [0.25, 0.3) is 5.69 Å². The molecule has 0 aliphatic carbocycles. The molecule has 3 rings (SSSR count). The van der Waals surface area contributed by atoms with Gasteiger partial charge < -0.3 is 15.0 Å². The van der Waals surface area contributed by atoms with Gasteiger partial charge in [0.15, 0.2) is 6.61 Å². The Morgan fingerprint density at radius 2 is 2.04 bits per heavy atom. The summed E-state index contributed by atoms with van der Waals surface area (Å²) in [6, 6.07) is 4.44. The minimum absolute atomic E-state index is 0.0658. The zero-order valence-corrected chi connectivity index (χ0v) is 14.2. The van der Waals surface area contributed by atoms with E-state index in [-0.39, 0.29) is 18.2 Å². The number of nitro groups is 1. The van der Waals surface area contributed by atoms with Gasteiger partial charge in [0.2, 0.25) is 5.82 Å². The van der Waals surface area contributed by atoms with Crippen LogP contribution in [0.15, 0.2) is 41.8 Å². The van der Waals surface area contributed by atoms with E-state index in [1.54, 1.807) is 0 Å². The normalized spacial score (nSPS) is 11.9. The van der Waals surface area contributed by atoms with E-state index in [4.69, 9.17) is 4.84 Å². The largest absolute Gasteiger partial charge is 0.416 e. The minimum atomic E-state index is -4.41. The Hall–Kier alpha value is -3.77. The molecular formula is C15H12F3N7O3. The van der Waals surface area contributed by atoms with Gasteiger partial charge in [-0.05, 0) is 29.2 Å². The highest BCUT2D eigenvalue weighted by Crippen LogP contribution is 2.29. The summed E-state index contributed by atoms with van der Waals surface area (Å²) in [5, 5.41) is 22.0. The number of aromatic nitrogens is 5. The summed E-state index contributed by atoms with van der Waals surface area (Å²) in [6.07, 6.45) is -0.639. The van der Waals surface area contributed by atoms with Crippen molar-refractivity contribution in [2.24, 2.45) is 12.2 Å². The van der Waals surface area contributed by atoms with Crippen LogP contribution in [-0.2, 0) is 24.7 Å². The fraction of sp³-hybridized carbons (Fsp3) is 0.200. The number of nitrogens with zero attached hydrogens (tertiary/aromatic N) is 7. The molecule has 3 aromatic rings. The zero-order chi connectivity index (χ0) is 20.3. The van der Waals surface area contributed by atoms with Gasteiger partial charge in [0.1, 0.15) is 18.1 Å². The summed E-state index contributed by atoms with van der Waals surface area (Å²) < 4.78 is 40.3. The highest BCUT2D eigenvalue weighted by molar-refractivity contribution is 5.74. The average molecular weight is 395 g/mol. The quantitative estimate of drug-likeness (QED) is 0.360. The summed E-state index contributed by atoms with van der Waals surface area (Å²) in [6.45, 7) is -0.0658. The molecule has 13 heteroatoms. The summed E-state index contributed by atoms with van der Waals surface area (Å²) in [7, 11) is 1.46. The molecule has 1 aromatic carbocycles. The summed E-state index contributed by atoms with van der Waals surface area (Å²) in [5.74, 6) is 0.0287. The highest BCUT2D eigenvalue weighted by atomic mass is 19.4. The third kappa shape index (κ3) is 4.13. The summed E-state index contributed by atoms with van der Waals surface area (Å²) >= 11 is 0. The van der Waals surface area contributed by atoms with Crippen molar-refractivity contribution in [3.05, 3.63) is 63.9 Å². The van der Waals surface area contributed by atoms with Crippen molar-refractivity contribution < 1.29 is 22.9 Å². The van der Waals surface area contributed by atoms with E-state index in [2.05, 4.69) is 20.5 Å². The Morgan fingerprint density at radius 3 is 2.64 bits per heavy atom. The number of alkyl halides is 3. The van der Waals surface area contributed by atoms with Crippen molar-refractivity contribution in [2.75, 3.05) is 0 Å². The highest BCUT2D eigenvalue weighted by Gasteiger charge is 2.30. The van der Waals surface area contributed by atoms with Gasteiger partial charge in [-0.3, -0.25) is 0 Å². The molecule has 0 atom stereocenters. The Morgan fingerprint density at radius 1 is 1.32 bits per heavy atom. The molecule has 0 N–H and O–H groups in total. The smallest absolute Gasteiger partial charge is 0.389 e. The maximum Gasteiger partial charge on any atom is 0.416 e. The Kier molecular flexibility index (Phi) is 5.06. The molecule has 0 radical (unpaired) electrons. The van der Waals surface area contributed by atoms with Crippen molar-refractivity contribution in [2.45, 2.75) is 12.8 Å². The summed E-state index contributed by atoms with van der Waals surface area (Å²) in [5.41, 5.74) is 0.0159. The first-order chi connectivity index (χ1) is 13.3. The number of oxime groups is 1. The minimum Gasteiger partial charge on any atom is -0.389 e. The fourth-order valence-corrected chi connectivity index (χ4v) is 2.19. The van der Waals surface area contributed by atoms with Crippen LogP contribution >= 0.6 is 0 Å². The van der Waals surface area contributed by atoms with Crippen LogP contribution in [0.2, 0.25) is 0 Å². The predicted octanol–water partition coefficient (Wildman–Crippen LogP) is 2.48. The van der Waals surface area contributed by atoms with Gasteiger partial charge >= 0.3 is 12.0 Å². The molecule has 2 aromatic heterocycles. The molecular weight excluding hydrogens is 383 g/mol. The molecule has 10 nitrogen and oxygen atoms in total. The van der Waals surface area contributed by atoms with E-state index in [9.17, 15) is 23.3 Å². The number of hydrogen-bond donors (Lipinski definition) is 0. The second-order valence-electron chi connectivity index (χ2n) is 5.50. The van der Waals surface area contributed by atoms with E-state index < -0.39 is 16.7 Å². The third-order valence-electron chi connectivity index (χ3n) is 3.64. The maximum absolute atomic E-state index is 12.6. The van der Waals surface area contributed by atoms with Crippen LogP contribution in [0.5, 0.6) is 0 Å². The lowest BCUT2D eigenvalue weighted by Crippen LogP contribution is -2.05. The lowest BCUT2D eigenvalue weighted by molar-refractivity contribution is -0.391. The number of hydrogen-bond acceptors (Lipinski definition) is 7. The van der Waals surface area contributed by atoms with Gasteiger partial charge in [0, 0.05) is 0 Å². The zero-order valence-electron chi connectivity index (χ0n) is 14.2. The number of imidazole rings is 1. The van der Waals surface area contributed by atoms with Crippen LogP contribution in [0.3, 0.4) is 0 Å². The van der Waals surface area contributed by atoms with Crippen molar-refractivity contribution in [3.63, 3.8) is 0 Å². The molecule has 0 aliphatic rings. The molecule has 28 heavy (non-hydrogen) atoms. The van der Waals surface area contributed by atoms with Gasteiger partial charge in [-0.1, -0.05) is 10.4 Å². The van der Waals surface area contributed by atoms with Crippen molar-refractivity contribution >= 4 is 12.0 Å². The second kappa shape index (κ2) is 7.46. The average Bonchev–Trinajstić information content (AvgIpc) is 3.25. The molecule has 0 amide bonds. The van der Waals surface area contributed by atoms with Crippen molar-refractivity contribution in [3.8, 4) is 5.69 Å². The lowest BCUT2D eigenvalue weighted by atomic mass is 10.2. The Balaban J connectivity index is 1.60. The third-order valence-corrected chi connectivity index (χ3v) is 3.64. The lowest BCUT2D eigenvalue weighted by Gasteiger charge is -2.07. The first kappa shape index (κ1) is 19.0.